The molecule has 0 fully saturated rings. The molecule has 0 aliphatic heterocycles. The van der Waals surface area contributed by atoms with E-state index >= 15 is 0 Å². The maximum absolute atomic E-state index is 11.6. The fourth-order valence-electron chi connectivity index (χ4n) is 1.16. The van der Waals surface area contributed by atoms with E-state index in [1.807, 2.05) is 0 Å². The molecule has 6 nitrogen and oxygen atoms in total. The van der Waals surface area contributed by atoms with Crippen molar-refractivity contribution in [2.45, 2.75) is 18.7 Å². The Morgan fingerprint density at radius 3 is 2.82 bits per heavy atom. The minimum atomic E-state index is -0.502. The number of nitrogens with one attached hydrogen (secondary N) is 1. The molecule has 1 atom stereocenters. The molecule has 0 spiro atoms. The van der Waals surface area contributed by atoms with Crippen LogP contribution in [0.3, 0.4) is 0 Å². The van der Waals surface area contributed by atoms with Gasteiger partial charge in [0.05, 0.1) is 17.6 Å². The van der Waals surface area contributed by atoms with Crippen LogP contribution in [0.1, 0.15) is 24.2 Å². The molecule has 1 N–H and O–H groups in total. The number of carbonyl (C=O) groups is 2. The summed E-state index contributed by atoms with van der Waals surface area (Å²) in [7, 11) is 1.64. The Labute approximate surface area is 107 Å². The summed E-state index contributed by atoms with van der Waals surface area (Å²) in [4.78, 5) is 22.8. The lowest BCUT2D eigenvalue weighted by Gasteiger charge is -2.09. The molecule has 1 rings (SSSR count). The van der Waals surface area contributed by atoms with E-state index in [1.54, 1.807) is 20.9 Å². The highest BCUT2D eigenvalue weighted by Gasteiger charge is 2.20. The number of carbonyl (C=O) groups excluding carboxylic acids is 2. The van der Waals surface area contributed by atoms with Crippen LogP contribution in [0.4, 0.5) is 5.82 Å². The first-order chi connectivity index (χ1) is 7.97. The van der Waals surface area contributed by atoms with E-state index in [1.165, 1.54) is 10.9 Å². The predicted octanol–water partition coefficient (Wildman–Crippen LogP) is 1.32. The third-order valence-corrected chi connectivity index (χ3v) is 2.45. The van der Waals surface area contributed by atoms with Gasteiger partial charge in [0.1, 0.15) is 11.4 Å². The van der Waals surface area contributed by atoms with Crippen LogP contribution >= 0.6 is 15.9 Å². The zero-order valence-corrected chi connectivity index (χ0v) is 11.4. The van der Waals surface area contributed by atoms with Gasteiger partial charge >= 0.3 is 5.97 Å². The highest BCUT2D eigenvalue weighted by Crippen LogP contribution is 2.16. The van der Waals surface area contributed by atoms with Crippen molar-refractivity contribution in [2.24, 2.45) is 7.05 Å². The maximum Gasteiger partial charge on any atom is 0.343 e. The molecular weight excluding hydrogens is 290 g/mol. The Morgan fingerprint density at radius 2 is 2.29 bits per heavy atom. The molecule has 0 aromatic carbocycles. The second-order valence-electron chi connectivity index (χ2n) is 3.36. The van der Waals surface area contributed by atoms with Gasteiger partial charge in [0.2, 0.25) is 5.91 Å². The summed E-state index contributed by atoms with van der Waals surface area (Å²) < 4.78 is 6.28. The second kappa shape index (κ2) is 5.81. The van der Waals surface area contributed by atoms with Crippen molar-refractivity contribution in [3.05, 3.63) is 11.8 Å². The van der Waals surface area contributed by atoms with Crippen LogP contribution in [0.5, 0.6) is 0 Å². The van der Waals surface area contributed by atoms with Crippen LogP contribution in [0.15, 0.2) is 6.20 Å². The van der Waals surface area contributed by atoms with Crippen LogP contribution in [0, 0.1) is 0 Å². The van der Waals surface area contributed by atoms with Crippen molar-refractivity contribution in [1.29, 1.82) is 0 Å². The molecule has 1 amide bonds. The van der Waals surface area contributed by atoms with Crippen LogP contribution in [0.25, 0.3) is 0 Å². The Kier molecular flexibility index (Phi) is 4.68. The molecule has 0 bridgehead atoms. The molecule has 1 heterocycles. The zero-order chi connectivity index (χ0) is 13.0. The summed E-state index contributed by atoms with van der Waals surface area (Å²) in [5.74, 6) is -0.419. The number of hydrogen-bond acceptors (Lipinski definition) is 4. The number of anilines is 1. The van der Waals surface area contributed by atoms with Crippen LogP contribution < -0.4 is 5.32 Å². The molecule has 0 radical (unpaired) electrons. The van der Waals surface area contributed by atoms with Gasteiger partial charge in [-0.1, -0.05) is 15.9 Å². The van der Waals surface area contributed by atoms with Crippen LogP contribution in [0.2, 0.25) is 0 Å². The van der Waals surface area contributed by atoms with Gasteiger partial charge in [-0.05, 0) is 13.8 Å². The molecule has 94 valence electrons. The Morgan fingerprint density at radius 1 is 1.65 bits per heavy atom. The maximum atomic E-state index is 11.6. The molecule has 7 heteroatoms. The number of amides is 1. The minimum Gasteiger partial charge on any atom is -0.462 e. The van der Waals surface area contributed by atoms with Crippen molar-refractivity contribution in [1.82, 2.24) is 9.78 Å². The van der Waals surface area contributed by atoms with Gasteiger partial charge in [0, 0.05) is 7.05 Å². The summed E-state index contributed by atoms with van der Waals surface area (Å²) in [5, 5.41) is 6.53. The van der Waals surface area contributed by atoms with Crippen molar-refractivity contribution in [3.8, 4) is 0 Å². The smallest absolute Gasteiger partial charge is 0.343 e. The van der Waals surface area contributed by atoms with Crippen molar-refractivity contribution >= 4 is 33.6 Å². The Balaban J connectivity index is 2.94. The van der Waals surface area contributed by atoms with E-state index in [0.717, 1.165) is 0 Å². The summed E-state index contributed by atoms with van der Waals surface area (Å²) in [5.41, 5.74) is 0.246. The quantitative estimate of drug-likeness (QED) is 0.672. The highest BCUT2D eigenvalue weighted by atomic mass is 79.9. The van der Waals surface area contributed by atoms with Gasteiger partial charge in [-0.2, -0.15) is 5.10 Å². The van der Waals surface area contributed by atoms with E-state index in [4.69, 9.17) is 4.74 Å². The first-order valence-corrected chi connectivity index (χ1v) is 6.03. The Bertz CT molecular complexity index is 428. The summed E-state index contributed by atoms with van der Waals surface area (Å²) in [6.07, 6.45) is 1.37. The minimum absolute atomic E-state index is 0.246. The highest BCUT2D eigenvalue weighted by molar-refractivity contribution is 9.10. The number of rotatable bonds is 4. The van der Waals surface area contributed by atoms with E-state index in [-0.39, 0.29) is 22.9 Å². The molecule has 0 saturated carbocycles. The number of alkyl halides is 1. The molecule has 0 saturated heterocycles. The lowest BCUT2D eigenvalue weighted by Crippen LogP contribution is -2.23. The number of esters is 1. The van der Waals surface area contributed by atoms with Crippen molar-refractivity contribution < 1.29 is 14.3 Å². The predicted molar refractivity (Wildman–Crippen MR) is 66.2 cm³/mol. The fourth-order valence-corrected chi connectivity index (χ4v) is 1.27. The topological polar surface area (TPSA) is 73.2 Å². The largest absolute Gasteiger partial charge is 0.462 e. The third-order valence-electron chi connectivity index (χ3n) is 2.04. The summed E-state index contributed by atoms with van der Waals surface area (Å²) >= 11 is 3.14. The first kappa shape index (κ1) is 13.7. The van der Waals surface area contributed by atoms with E-state index < -0.39 is 5.97 Å². The van der Waals surface area contributed by atoms with Gasteiger partial charge in [-0.25, -0.2) is 4.79 Å². The lowest BCUT2D eigenvalue weighted by molar-refractivity contribution is -0.115. The van der Waals surface area contributed by atoms with Gasteiger partial charge in [0.25, 0.3) is 0 Å². The fraction of sp³-hybridized carbons (Fsp3) is 0.500. The lowest BCUT2D eigenvalue weighted by atomic mass is 10.3. The van der Waals surface area contributed by atoms with Gasteiger partial charge in [0.15, 0.2) is 0 Å². The number of hydrogen-bond donors (Lipinski definition) is 1. The van der Waals surface area contributed by atoms with Crippen molar-refractivity contribution in [3.63, 3.8) is 0 Å². The van der Waals surface area contributed by atoms with Crippen molar-refractivity contribution in [2.75, 3.05) is 11.9 Å². The van der Waals surface area contributed by atoms with Gasteiger partial charge < -0.3 is 10.1 Å². The third kappa shape index (κ3) is 3.29. The standard InChI is InChI=1S/C10H14BrN3O3/c1-4-17-10(16)7-5-12-14(3)8(7)13-9(15)6(2)11/h5-6H,4H2,1-3H3,(H,13,15). The van der Waals surface area contributed by atoms with Gasteiger partial charge in [-0.15, -0.1) is 0 Å². The second-order valence-corrected chi connectivity index (χ2v) is 4.73. The summed E-state index contributed by atoms with van der Waals surface area (Å²) in [6, 6.07) is 0. The average molecular weight is 304 g/mol. The number of halogens is 1. The molecule has 1 aromatic rings. The SMILES string of the molecule is CCOC(=O)c1cnn(C)c1NC(=O)C(C)Br. The Hall–Kier alpha value is -1.37. The number of nitrogens with zero attached hydrogens (tertiary/aromatic N) is 2. The monoisotopic (exact) mass is 303 g/mol. The molecule has 17 heavy (non-hydrogen) atoms. The number of aromatic nitrogens is 2. The molecular formula is C10H14BrN3O3. The normalized spacial score (nSPS) is 12.0. The number of ether oxygens (including phenoxy) is 1. The molecule has 1 aromatic heterocycles. The van der Waals surface area contributed by atoms with E-state index in [0.29, 0.717) is 5.82 Å². The molecule has 0 aliphatic carbocycles. The van der Waals surface area contributed by atoms with E-state index in [9.17, 15) is 9.59 Å². The average Bonchev–Trinajstić information content (AvgIpc) is 2.61. The number of aryl methyl sites for hydroxylation is 1. The van der Waals surface area contributed by atoms with E-state index in [2.05, 4.69) is 26.3 Å². The van der Waals surface area contributed by atoms with Gasteiger partial charge in [-0.3, -0.25) is 9.48 Å². The molecule has 1 unspecified atom stereocenters. The summed E-state index contributed by atoms with van der Waals surface area (Å²) in [6.45, 7) is 3.68. The zero-order valence-electron chi connectivity index (χ0n) is 9.86. The molecule has 0 aliphatic rings. The van der Waals surface area contributed by atoms with Crippen LogP contribution in [-0.4, -0.2) is 33.1 Å². The van der Waals surface area contributed by atoms with Crippen LogP contribution in [-0.2, 0) is 16.6 Å². The first-order valence-electron chi connectivity index (χ1n) is 5.11.